The molecule has 27 heavy (non-hydrogen) atoms. The second kappa shape index (κ2) is 10.2. The average molecular weight is 405 g/mol. The first-order chi connectivity index (χ1) is 13.1. The first-order valence-electron chi connectivity index (χ1n) is 9.56. The van der Waals surface area contributed by atoms with E-state index in [1.165, 1.54) is 23.7 Å². The van der Waals surface area contributed by atoms with E-state index in [1.807, 2.05) is 18.9 Å². The monoisotopic (exact) mass is 404 g/mol. The van der Waals surface area contributed by atoms with Crippen LogP contribution in [0.2, 0.25) is 0 Å². The van der Waals surface area contributed by atoms with Crippen molar-refractivity contribution in [1.82, 2.24) is 20.0 Å². The van der Waals surface area contributed by atoms with Gasteiger partial charge in [0, 0.05) is 19.6 Å². The second-order valence-corrected chi connectivity index (χ2v) is 9.47. The van der Waals surface area contributed by atoms with Crippen LogP contribution in [0, 0.1) is 6.92 Å². The molecule has 1 fully saturated rings. The number of aryl methyl sites for hydroxylation is 2. The molecule has 0 spiro atoms. The van der Waals surface area contributed by atoms with Crippen molar-refractivity contribution >= 4 is 29.0 Å². The summed E-state index contributed by atoms with van der Waals surface area (Å²) in [5.41, 5.74) is 1.40. The van der Waals surface area contributed by atoms with Crippen molar-refractivity contribution < 1.29 is 4.79 Å². The summed E-state index contributed by atoms with van der Waals surface area (Å²) < 4.78 is 0.875. The number of carbonyl (C=O) groups excluding carboxylic acids is 1. The highest BCUT2D eigenvalue weighted by Gasteiger charge is 2.26. The largest absolute Gasteiger partial charge is 0.341 e. The normalized spacial score (nSPS) is 17.8. The molecule has 1 aromatic carbocycles. The van der Waals surface area contributed by atoms with E-state index in [-0.39, 0.29) is 5.91 Å². The summed E-state index contributed by atoms with van der Waals surface area (Å²) in [6.45, 7) is 5.17. The molecule has 0 saturated carbocycles. The molecule has 2 heterocycles. The summed E-state index contributed by atoms with van der Waals surface area (Å²) in [5.74, 6) is 0.624. The molecule has 1 saturated heterocycles. The second-order valence-electron chi connectivity index (χ2n) is 7.07. The van der Waals surface area contributed by atoms with E-state index in [2.05, 4.69) is 45.4 Å². The van der Waals surface area contributed by atoms with Gasteiger partial charge in [-0.3, -0.25) is 4.79 Å². The highest BCUT2D eigenvalue weighted by molar-refractivity contribution is 8.01. The van der Waals surface area contributed by atoms with Gasteiger partial charge in [-0.05, 0) is 51.3 Å². The summed E-state index contributed by atoms with van der Waals surface area (Å²) in [4.78, 5) is 17.0. The number of nitrogens with zero attached hydrogens (tertiary/aromatic N) is 4. The third-order valence-corrected chi connectivity index (χ3v) is 6.99. The van der Waals surface area contributed by atoms with Crippen LogP contribution in [0.4, 0.5) is 0 Å². The first-order valence-corrected chi connectivity index (χ1v) is 11.4. The maximum atomic E-state index is 12.6. The fourth-order valence-electron chi connectivity index (χ4n) is 3.47. The van der Waals surface area contributed by atoms with Gasteiger partial charge in [-0.1, -0.05) is 53.4 Å². The number of likely N-dealkylation sites (N-methyl/N-ethyl adjacent to an activating group) is 1. The number of carbonyl (C=O) groups is 1. The van der Waals surface area contributed by atoms with E-state index in [4.69, 9.17) is 0 Å². The van der Waals surface area contributed by atoms with Crippen molar-refractivity contribution in [1.29, 1.82) is 0 Å². The number of hydrogen-bond donors (Lipinski definition) is 0. The lowest BCUT2D eigenvalue weighted by Gasteiger charge is -2.37. The molecule has 2 aromatic rings. The zero-order valence-electron chi connectivity index (χ0n) is 16.1. The van der Waals surface area contributed by atoms with Crippen LogP contribution in [0.5, 0.6) is 0 Å². The van der Waals surface area contributed by atoms with Gasteiger partial charge in [-0.2, -0.15) is 0 Å². The van der Waals surface area contributed by atoms with Gasteiger partial charge in [0.2, 0.25) is 5.91 Å². The lowest BCUT2D eigenvalue weighted by Crippen LogP contribution is -2.49. The van der Waals surface area contributed by atoms with Crippen LogP contribution >= 0.6 is 23.1 Å². The van der Waals surface area contributed by atoms with Gasteiger partial charge >= 0.3 is 0 Å². The molecule has 0 radical (unpaired) electrons. The summed E-state index contributed by atoms with van der Waals surface area (Å²) >= 11 is 3.04. The molecule has 1 aromatic heterocycles. The van der Waals surface area contributed by atoms with E-state index < -0.39 is 0 Å². The SMILES string of the molecule is Cc1nnc(SCC(=O)N(C)[C@H]2CCCN(CCCc3ccccc3)C2)s1. The highest BCUT2D eigenvalue weighted by Crippen LogP contribution is 2.23. The Balaban J connectivity index is 1.41. The minimum absolute atomic E-state index is 0.184. The highest BCUT2D eigenvalue weighted by atomic mass is 32.2. The van der Waals surface area contributed by atoms with Gasteiger partial charge in [-0.15, -0.1) is 10.2 Å². The smallest absolute Gasteiger partial charge is 0.233 e. The fraction of sp³-hybridized carbons (Fsp3) is 0.550. The molecule has 1 amide bonds. The van der Waals surface area contributed by atoms with Crippen LogP contribution < -0.4 is 0 Å². The van der Waals surface area contributed by atoms with Crippen LogP contribution in [0.1, 0.15) is 29.8 Å². The topological polar surface area (TPSA) is 49.3 Å². The van der Waals surface area contributed by atoms with Crippen molar-refractivity contribution in [2.75, 3.05) is 32.4 Å². The molecular formula is C20H28N4OS2. The number of hydrogen-bond acceptors (Lipinski definition) is 6. The van der Waals surface area contributed by atoms with Crippen molar-refractivity contribution in [3.8, 4) is 0 Å². The lowest BCUT2D eigenvalue weighted by atomic mass is 10.0. The van der Waals surface area contributed by atoms with Crippen molar-refractivity contribution in [3.05, 3.63) is 40.9 Å². The zero-order valence-corrected chi connectivity index (χ0v) is 17.8. The molecule has 3 rings (SSSR count). The van der Waals surface area contributed by atoms with E-state index in [1.54, 1.807) is 11.3 Å². The molecule has 0 aliphatic carbocycles. The van der Waals surface area contributed by atoms with E-state index >= 15 is 0 Å². The number of thioether (sulfide) groups is 1. The Bertz CT molecular complexity index is 722. The minimum atomic E-state index is 0.184. The van der Waals surface area contributed by atoms with E-state index in [0.29, 0.717) is 11.8 Å². The van der Waals surface area contributed by atoms with Crippen molar-refractivity contribution in [2.45, 2.75) is 43.0 Å². The third kappa shape index (κ3) is 6.30. The number of piperidine rings is 1. The molecule has 0 unspecified atom stereocenters. The molecule has 1 aliphatic rings. The summed E-state index contributed by atoms with van der Waals surface area (Å²) in [7, 11) is 1.95. The molecule has 0 bridgehead atoms. The van der Waals surface area contributed by atoms with Crippen LogP contribution in [0.25, 0.3) is 0 Å². The Kier molecular flexibility index (Phi) is 7.67. The van der Waals surface area contributed by atoms with Gasteiger partial charge in [0.25, 0.3) is 0 Å². The third-order valence-electron chi connectivity index (χ3n) is 5.03. The molecule has 1 aliphatic heterocycles. The van der Waals surface area contributed by atoms with Crippen molar-refractivity contribution in [3.63, 3.8) is 0 Å². The number of rotatable bonds is 8. The Labute approximate surface area is 170 Å². The minimum Gasteiger partial charge on any atom is -0.341 e. The zero-order chi connectivity index (χ0) is 19.1. The van der Waals surface area contributed by atoms with Gasteiger partial charge in [0.1, 0.15) is 5.01 Å². The molecule has 146 valence electrons. The van der Waals surface area contributed by atoms with Gasteiger partial charge in [-0.25, -0.2) is 0 Å². The van der Waals surface area contributed by atoms with E-state index in [9.17, 15) is 4.79 Å². The quantitative estimate of drug-likeness (QED) is 0.630. The predicted octanol–water partition coefficient (Wildman–Crippen LogP) is 3.49. The molecule has 0 N–H and O–H groups in total. The maximum Gasteiger partial charge on any atom is 0.233 e. The Morgan fingerprint density at radius 1 is 1.33 bits per heavy atom. The standard InChI is InChI=1S/C20H28N4OS2/c1-16-21-22-20(27-16)26-15-19(25)23(2)18-11-7-13-24(14-18)12-6-10-17-8-4-3-5-9-17/h3-5,8-9,18H,6-7,10-15H2,1-2H3/t18-/m0/s1. The molecule has 7 heteroatoms. The Morgan fingerprint density at radius 2 is 2.15 bits per heavy atom. The summed E-state index contributed by atoms with van der Waals surface area (Å²) in [6, 6.07) is 11.0. The van der Waals surface area contributed by atoms with Crippen LogP contribution in [-0.2, 0) is 11.2 Å². The van der Waals surface area contributed by atoms with Crippen molar-refractivity contribution in [2.24, 2.45) is 0 Å². The number of benzene rings is 1. The lowest BCUT2D eigenvalue weighted by molar-refractivity contribution is -0.130. The van der Waals surface area contributed by atoms with Crippen LogP contribution in [0.3, 0.4) is 0 Å². The fourth-order valence-corrected chi connectivity index (χ4v) is 5.21. The molecular weight excluding hydrogens is 376 g/mol. The Hall–Kier alpha value is -1.44. The Morgan fingerprint density at radius 3 is 2.89 bits per heavy atom. The summed E-state index contributed by atoms with van der Waals surface area (Å²) in [5, 5.41) is 9.03. The summed E-state index contributed by atoms with van der Waals surface area (Å²) in [6.07, 6.45) is 4.55. The van der Waals surface area contributed by atoms with E-state index in [0.717, 1.165) is 48.2 Å². The van der Waals surface area contributed by atoms with Gasteiger partial charge in [0.05, 0.1) is 5.75 Å². The molecule has 5 nitrogen and oxygen atoms in total. The molecule has 1 atom stereocenters. The van der Waals surface area contributed by atoms with Gasteiger partial charge in [0.15, 0.2) is 4.34 Å². The predicted molar refractivity (Wildman–Crippen MR) is 112 cm³/mol. The number of likely N-dealkylation sites (tertiary alicyclic amines) is 1. The number of aromatic nitrogens is 2. The van der Waals surface area contributed by atoms with Gasteiger partial charge < -0.3 is 9.80 Å². The number of amides is 1. The van der Waals surface area contributed by atoms with Crippen LogP contribution in [-0.4, -0.2) is 64.4 Å². The maximum absolute atomic E-state index is 12.6. The first kappa shape index (κ1) is 20.3. The average Bonchev–Trinajstić information content (AvgIpc) is 3.12. The van der Waals surface area contributed by atoms with Crippen LogP contribution in [0.15, 0.2) is 34.7 Å².